The Kier molecular flexibility index (Phi) is 4.44. The predicted octanol–water partition coefficient (Wildman–Crippen LogP) is 4.67. The van der Waals surface area contributed by atoms with Gasteiger partial charge in [0.2, 0.25) is 0 Å². The molecule has 2 rings (SSSR count). The van der Waals surface area contributed by atoms with Gasteiger partial charge >= 0.3 is 0 Å². The third kappa shape index (κ3) is 3.37. The van der Waals surface area contributed by atoms with Crippen LogP contribution in [0.2, 0.25) is 5.02 Å². The molecule has 0 aliphatic heterocycles. The smallest absolute Gasteiger partial charge is 0.132 e. The van der Waals surface area contributed by atoms with E-state index < -0.39 is 0 Å². The average molecular weight is 327 g/mol. The first-order chi connectivity index (χ1) is 8.69. The molecule has 0 amide bonds. The van der Waals surface area contributed by atoms with Crippen LogP contribution in [0.1, 0.15) is 6.92 Å². The van der Waals surface area contributed by atoms with E-state index in [0.29, 0.717) is 5.02 Å². The molecule has 0 saturated heterocycles. The first kappa shape index (κ1) is 13.2. The molecule has 0 fully saturated rings. The molecule has 3 nitrogen and oxygen atoms in total. The van der Waals surface area contributed by atoms with Crippen molar-refractivity contribution >= 4 is 44.9 Å². The van der Waals surface area contributed by atoms with Crippen LogP contribution in [0.25, 0.3) is 0 Å². The minimum absolute atomic E-state index is 0.684. The van der Waals surface area contributed by atoms with Crippen molar-refractivity contribution in [2.24, 2.45) is 0 Å². The van der Waals surface area contributed by atoms with E-state index in [0.717, 1.165) is 28.3 Å². The molecule has 94 valence electrons. The molecule has 0 unspecified atom stereocenters. The average Bonchev–Trinajstić information content (AvgIpc) is 2.35. The van der Waals surface area contributed by atoms with Crippen LogP contribution in [-0.4, -0.2) is 11.5 Å². The maximum absolute atomic E-state index is 5.97. The zero-order chi connectivity index (χ0) is 13.0. The van der Waals surface area contributed by atoms with Crippen LogP contribution in [0.15, 0.2) is 40.9 Å². The fourth-order valence-corrected chi connectivity index (χ4v) is 2.03. The third-order valence-corrected chi connectivity index (χ3v) is 3.22. The summed E-state index contributed by atoms with van der Waals surface area (Å²) in [5.41, 5.74) is 0.892. The van der Waals surface area contributed by atoms with Gasteiger partial charge < -0.3 is 10.6 Å². The molecule has 1 aromatic carbocycles. The van der Waals surface area contributed by atoms with E-state index in [2.05, 4.69) is 31.5 Å². The fraction of sp³-hybridized carbons (Fsp3) is 0.154. The summed E-state index contributed by atoms with van der Waals surface area (Å²) >= 11 is 9.44. The van der Waals surface area contributed by atoms with E-state index in [1.54, 1.807) is 0 Å². The van der Waals surface area contributed by atoms with Crippen LogP contribution in [-0.2, 0) is 0 Å². The Hall–Kier alpha value is -1.26. The molecule has 2 N–H and O–H groups in total. The Morgan fingerprint density at radius 3 is 2.78 bits per heavy atom. The second-order valence-corrected chi connectivity index (χ2v) is 4.98. The lowest BCUT2D eigenvalue weighted by atomic mass is 10.3. The van der Waals surface area contributed by atoms with E-state index in [1.807, 2.05) is 43.3 Å². The molecule has 0 bridgehead atoms. The molecule has 0 aliphatic carbocycles. The number of nitrogens with one attached hydrogen (secondary N) is 2. The van der Waals surface area contributed by atoms with Gasteiger partial charge in [-0.25, -0.2) is 4.98 Å². The highest BCUT2D eigenvalue weighted by molar-refractivity contribution is 9.10. The van der Waals surface area contributed by atoms with Gasteiger partial charge in [0.25, 0.3) is 0 Å². The lowest BCUT2D eigenvalue weighted by Gasteiger charge is -2.10. The minimum atomic E-state index is 0.684. The van der Waals surface area contributed by atoms with Crippen molar-refractivity contribution in [2.75, 3.05) is 17.2 Å². The highest BCUT2D eigenvalue weighted by Crippen LogP contribution is 2.28. The largest absolute Gasteiger partial charge is 0.370 e. The fourth-order valence-electron chi connectivity index (χ4n) is 1.52. The summed E-state index contributed by atoms with van der Waals surface area (Å²) in [7, 11) is 0. The quantitative estimate of drug-likeness (QED) is 0.857. The number of anilines is 3. The number of hydrogen-bond acceptors (Lipinski definition) is 3. The van der Waals surface area contributed by atoms with E-state index >= 15 is 0 Å². The Labute approximate surface area is 120 Å². The molecule has 0 atom stereocenters. The number of nitrogens with zero attached hydrogens (tertiary/aromatic N) is 1. The van der Waals surface area contributed by atoms with Gasteiger partial charge in [-0.1, -0.05) is 17.7 Å². The summed E-state index contributed by atoms with van der Waals surface area (Å²) in [5, 5.41) is 7.08. The minimum Gasteiger partial charge on any atom is -0.370 e. The van der Waals surface area contributed by atoms with Crippen LogP contribution in [0.3, 0.4) is 0 Å². The van der Waals surface area contributed by atoms with Crippen LogP contribution in [0.5, 0.6) is 0 Å². The van der Waals surface area contributed by atoms with Gasteiger partial charge in [-0.3, -0.25) is 0 Å². The Bertz CT molecular complexity index is 546. The Balaban J connectivity index is 2.22. The van der Waals surface area contributed by atoms with E-state index in [4.69, 9.17) is 11.6 Å². The summed E-state index contributed by atoms with van der Waals surface area (Å²) in [5.74, 6) is 1.62. The molecule has 1 heterocycles. The summed E-state index contributed by atoms with van der Waals surface area (Å²) in [6.07, 6.45) is 0. The molecule has 18 heavy (non-hydrogen) atoms. The maximum Gasteiger partial charge on any atom is 0.132 e. The normalized spacial score (nSPS) is 10.2. The number of aromatic nitrogens is 1. The number of benzene rings is 1. The van der Waals surface area contributed by atoms with Crippen molar-refractivity contribution in [2.45, 2.75) is 6.92 Å². The molecule has 1 aromatic heterocycles. The summed E-state index contributed by atoms with van der Waals surface area (Å²) in [4.78, 5) is 4.44. The lowest BCUT2D eigenvalue weighted by molar-refractivity contribution is 1.16. The Morgan fingerprint density at radius 1 is 1.22 bits per heavy atom. The van der Waals surface area contributed by atoms with Gasteiger partial charge in [0.05, 0.1) is 5.69 Å². The predicted molar refractivity (Wildman–Crippen MR) is 80.8 cm³/mol. The Morgan fingerprint density at radius 2 is 2.00 bits per heavy atom. The van der Waals surface area contributed by atoms with Gasteiger partial charge in [-0.2, -0.15) is 0 Å². The van der Waals surface area contributed by atoms with Gasteiger partial charge in [-0.15, -0.1) is 0 Å². The summed E-state index contributed by atoms with van der Waals surface area (Å²) in [6.45, 7) is 2.88. The molecule has 0 aliphatic rings. The van der Waals surface area contributed by atoms with Gasteiger partial charge in [0.1, 0.15) is 11.6 Å². The van der Waals surface area contributed by atoms with Crippen LogP contribution >= 0.6 is 27.5 Å². The summed E-state index contributed by atoms with van der Waals surface area (Å²) in [6, 6.07) is 11.4. The monoisotopic (exact) mass is 325 g/mol. The van der Waals surface area contributed by atoms with Crippen LogP contribution < -0.4 is 10.6 Å². The molecule has 0 radical (unpaired) electrons. The molecule has 0 saturated carbocycles. The van der Waals surface area contributed by atoms with Crippen molar-refractivity contribution < 1.29 is 0 Å². The van der Waals surface area contributed by atoms with Crippen molar-refractivity contribution in [1.29, 1.82) is 0 Å². The van der Waals surface area contributed by atoms with Gasteiger partial charge in [-0.05, 0) is 53.2 Å². The lowest BCUT2D eigenvalue weighted by Crippen LogP contribution is -2.01. The molecular formula is C13H13BrClN3. The zero-order valence-electron chi connectivity index (χ0n) is 9.87. The van der Waals surface area contributed by atoms with Crippen molar-refractivity contribution in [3.8, 4) is 0 Å². The van der Waals surface area contributed by atoms with Crippen molar-refractivity contribution in [1.82, 2.24) is 4.98 Å². The highest BCUT2D eigenvalue weighted by Gasteiger charge is 2.03. The van der Waals surface area contributed by atoms with Crippen molar-refractivity contribution in [3.05, 3.63) is 45.9 Å². The van der Waals surface area contributed by atoms with E-state index in [-0.39, 0.29) is 0 Å². The number of pyridine rings is 1. The SMILES string of the molecule is CCNc1cccc(Nc2cc(Cl)ccc2Br)n1. The number of rotatable bonds is 4. The molecular weight excluding hydrogens is 314 g/mol. The number of hydrogen-bond donors (Lipinski definition) is 2. The first-order valence-corrected chi connectivity index (χ1v) is 6.79. The maximum atomic E-state index is 5.97. The topological polar surface area (TPSA) is 37.0 Å². The molecule has 0 spiro atoms. The van der Waals surface area contributed by atoms with Crippen LogP contribution in [0.4, 0.5) is 17.3 Å². The van der Waals surface area contributed by atoms with E-state index in [9.17, 15) is 0 Å². The van der Waals surface area contributed by atoms with Crippen molar-refractivity contribution in [3.63, 3.8) is 0 Å². The van der Waals surface area contributed by atoms with Gasteiger partial charge in [0.15, 0.2) is 0 Å². The van der Waals surface area contributed by atoms with Crippen LogP contribution in [0, 0.1) is 0 Å². The second-order valence-electron chi connectivity index (χ2n) is 3.69. The summed E-state index contributed by atoms with van der Waals surface area (Å²) < 4.78 is 0.947. The highest BCUT2D eigenvalue weighted by atomic mass is 79.9. The molecule has 5 heteroatoms. The number of halogens is 2. The molecule has 2 aromatic rings. The third-order valence-electron chi connectivity index (χ3n) is 2.30. The first-order valence-electron chi connectivity index (χ1n) is 5.62. The van der Waals surface area contributed by atoms with E-state index in [1.165, 1.54) is 0 Å². The van der Waals surface area contributed by atoms with Gasteiger partial charge in [0, 0.05) is 16.0 Å². The standard InChI is InChI=1S/C13H13BrClN3/c1-2-16-12-4-3-5-13(18-12)17-11-8-9(15)6-7-10(11)14/h3-8H,2H2,1H3,(H2,16,17,18). The zero-order valence-corrected chi connectivity index (χ0v) is 12.2. The second kappa shape index (κ2) is 6.07.